The molecule has 0 aliphatic rings. The van der Waals surface area contributed by atoms with E-state index in [0.717, 1.165) is 22.5 Å². The van der Waals surface area contributed by atoms with Gasteiger partial charge in [-0.15, -0.1) is 0 Å². The van der Waals surface area contributed by atoms with Crippen LogP contribution in [0.2, 0.25) is 10.0 Å². The Kier molecular flexibility index (Phi) is 3.19. The van der Waals surface area contributed by atoms with Crippen molar-refractivity contribution in [2.75, 3.05) is 0 Å². The van der Waals surface area contributed by atoms with E-state index in [9.17, 15) is 0 Å². The van der Waals surface area contributed by atoms with Gasteiger partial charge in [-0.2, -0.15) is 5.10 Å². The minimum absolute atomic E-state index is 0.548. The number of halogens is 2. The number of H-pyrrole nitrogens is 1. The number of aromatic amines is 1. The van der Waals surface area contributed by atoms with Crippen molar-refractivity contribution >= 4 is 23.2 Å². The van der Waals surface area contributed by atoms with Crippen LogP contribution in [0.15, 0.2) is 43.0 Å². The fourth-order valence-electron chi connectivity index (χ4n) is 1.83. The second kappa shape index (κ2) is 4.99. The standard InChI is InChI=1S/C13H8Cl2N4/c14-8-1-2-9(11(15)5-8)13-10(6-16-7-17-13)12-3-4-18-19-12/h1-7H,(H,18,19). The number of hydrogen-bond donors (Lipinski definition) is 1. The van der Waals surface area contributed by atoms with Crippen LogP contribution >= 0.6 is 23.2 Å². The number of aromatic nitrogens is 4. The Morgan fingerprint density at radius 2 is 1.95 bits per heavy atom. The molecule has 3 rings (SSSR count). The van der Waals surface area contributed by atoms with Crippen molar-refractivity contribution < 1.29 is 0 Å². The number of rotatable bonds is 2. The average molecular weight is 291 g/mol. The minimum atomic E-state index is 0.548. The van der Waals surface area contributed by atoms with Gasteiger partial charge in [0.25, 0.3) is 0 Å². The van der Waals surface area contributed by atoms with Gasteiger partial charge in [-0.3, -0.25) is 5.10 Å². The highest BCUT2D eigenvalue weighted by Crippen LogP contribution is 2.34. The second-order valence-corrected chi connectivity index (χ2v) is 4.72. The summed E-state index contributed by atoms with van der Waals surface area (Å²) in [4.78, 5) is 8.35. The van der Waals surface area contributed by atoms with Crippen LogP contribution in [0.1, 0.15) is 0 Å². The summed E-state index contributed by atoms with van der Waals surface area (Å²) in [7, 11) is 0. The van der Waals surface area contributed by atoms with Gasteiger partial charge in [0.05, 0.1) is 16.4 Å². The molecule has 0 unspecified atom stereocenters. The van der Waals surface area contributed by atoms with Crippen molar-refractivity contribution in [3.8, 4) is 22.5 Å². The van der Waals surface area contributed by atoms with E-state index in [1.807, 2.05) is 12.1 Å². The number of hydrogen-bond acceptors (Lipinski definition) is 3. The molecular formula is C13H8Cl2N4. The molecule has 1 aromatic carbocycles. The Labute approximate surface area is 119 Å². The summed E-state index contributed by atoms with van der Waals surface area (Å²) >= 11 is 12.1. The average Bonchev–Trinajstić information content (AvgIpc) is 2.93. The minimum Gasteiger partial charge on any atom is -0.278 e. The van der Waals surface area contributed by atoms with Crippen molar-refractivity contribution in [3.63, 3.8) is 0 Å². The highest BCUT2D eigenvalue weighted by Gasteiger charge is 2.13. The molecule has 0 amide bonds. The second-order valence-electron chi connectivity index (χ2n) is 3.88. The molecule has 0 aliphatic heterocycles. The van der Waals surface area contributed by atoms with Crippen molar-refractivity contribution in [1.82, 2.24) is 20.2 Å². The largest absolute Gasteiger partial charge is 0.278 e. The molecule has 0 fully saturated rings. The predicted octanol–water partition coefficient (Wildman–Crippen LogP) is 3.84. The summed E-state index contributed by atoms with van der Waals surface area (Å²) in [5.74, 6) is 0. The first-order chi connectivity index (χ1) is 9.25. The maximum absolute atomic E-state index is 6.23. The summed E-state index contributed by atoms with van der Waals surface area (Å²) in [5, 5.41) is 7.97. The Morgan fingerprint density at radius 1 is 1.05 bits per heavy atom. The topological polar surface area (TPSA) is 54.5 Å². The predicted molar refractivity (Wildman–Crippen MR) is 75.1 cm³/mol. The van der Waals surface area contributed by atoms with Crippen LogP contribution in [0.5, 0.6) is 0 Å². The molecule has 1 N–H and O–H groups in total. The van der Waals surface area contributed by atoms with Crippen LogP contribution in [0.3, 0.4) is 0 Å². The third kappa shape index (κ3) is 2.32. The molecule has 0 bridgehead atoms. The molecule has 0 saturated carbocycles. The summed E-state index contributed by atoms with van der Waals surface area (Å²) in [6.45, 7) is 0. The van der Waals surface area contributed by atoms with Crippen LogP contribution in [0.4, 0.5) is 0 Å². The lowest BCUT2D eigenvalue weighted by atomic mass is 10.1. The van der Waals surface area contributed by atoms with Gasteiger partial charge in [0.15, 0.2) is 0 Å². The quantitative estimate of drug-likeness (QED) is 0.780. The van der Waals surface area contributed by atoms with Crippen LogP contribution in [-0.4, -0.2) is 20.2 Å². The van der Waals surface area contributed by atoms with E-state index in [4.69, 9.17) is 23.2 Å². The smallest absolute Gasteiger partial charge is 0.116 e. The van der Waals surface area contributed by atoms with Crippen LogP contribution in [-0.2, 0) is 0 Å². The zero-order valence-corrected chi connectivity index (χ0v) is 11.2. The molecule has 3 aromatic rings. The zero-order valence-electron chi connectivity index (χ0n) is 9.64. The van der Waals surface area contributed by atoms with E-state index in [1.165, 1.54) is 6.33 Å². The summed E-state index contributed by atoms with van der Waals surface area (Å²) < 4.78 is 0. The molecule has 2 aromatic heterocycles. The van der Waals surface area contributed by atoms with E-state index in [0.29, 0.717) is 10.0 Å². The number of nitrogens with one attached hydrogen (secondary N) is 1. The Balaban J connectivity index is 2.21. The van der Waals surface area contributed by atoms with Gasteiger partial charge in [0, 0.05) is 28.5 Å². The third-order valence-electron chi connectivity index (χ3n) is 2.69. The molecule has 0 radical (unpaired) electrons. The van der Waals surface area contributed by atoms with E-state index in [2.05, 4.69) is 20.2 Å². The first-order valence-corrected chi connectivity index (χ1v) is 6.26. The van der Waals surface area contributed by atoms with Gasteiger partial charge in [-0.25, -0.2) is 9.97 Å². The summed E-state index contributed by atoms with van der Waals surface area (Å²) in [6.07, 6.45) is 4.89. The van der Waals surface area contributed by atoms with E-state index >= 15 is 0 Å². The fourth-order valence-corrected chi connectivity index (χ4v) is 2.33. The van der Waals surface area contributed by atoms with Crippen molar-refractivity contribution in [1.29, 1.82) is 0 Å². The molecule has 0 aliphatic carbocycles. The van der Waals surface area contributed by atoms with Crippen LogP contribution in [0, 0.1) is 0 Å². The maximum Gasteiger partial charge on any atom is 0.116 e. The van der Waals surface area contributed by atoms with Gasteiger partial charge in [0.2, 0.25) is 0 Å². The SMILES string of the molecule is Clc1ccc(-c2ncncc2-c2ccn[nH]2)c(Cl)c1. The maximum atomic E-state index is 6.23. The lowest BCUT2D eigenvalue weighted by Crippen LogP contribution is -1.92. The van der Waals surface area contributed by atoms with Crippen LogP contribution in [0.25, 0.3) is 22.5 Å². The van der Waals surface area contributed by atoms with E-state index in [-0.39, 0.29) is 0 Å². The summed E-state index contributed by atoms with van der Waals surface area (Å²) in [6, 6.07) is 7.16. The van der Waals surface area contributed by atoms with Gasteiger partial charge in [0.1, 0.15) is 6.33 Å². The van der Waals surface area contributed by atoms with Crippen molar-refractivity contribution in [2.45, 2.75) is 0 Å². The first-order valence-electron chi connectivity index (χ1n) is 5.51. The van der Waals surface area contributed by atoms with E-state index < -0.39 is 0 Å². The first kappa shape index (κ1) is 12.1. The number of benzene rings is 1. The molecule has 19 heavy (non-hydrogen) atoms. The van der Waals surface area contributed by atoms with Crippen molar-refractivity contribution in [2.24, 2.45) is 0 Å². The molecule has 2 heterocycles. The Bertz CT molecular complexity index is 710. The van der Waals surface area contributed by atoms with Crippen LogP contribution < -0.4 is 0 Å². The monoisotopic (exact) mass is 290 g/mol. The third-order valence-corrected chi connectivity index (χ3v) is 3.24. The normalized spacial score (nSPS) is 10.6. The highest BCUT2D eigenvalue weighted by molar-refractivity contribution is 6.36. The molecular weight excluding hydrogens is 283 g/mol. The molecule has 0 spiro atoms. The molecule has 0 atom stereocenters. The fraction of sp³-hybridized carbons (Fsp3) is 0. The number of nitrogens with zero attached hydrogens (tertiary/aromatic N) is 3. The zero-order chi connectivity index (χ0) is 13.2. The van der Waals surface area contributed by atoms with Gasteiger partial charge in [-0.05, 0) is 24.3 Å². The van der Waals surface area contributed by atoms with Gasteiger partial charge in [-0.1, -0.05) is 23.2 Å². The van der Waals surface area contributed by atoms with E-state index in [1.54, 1.807) is 24.5 Å². The lowest BCUT2D eigenvalue weighted by Gasteiger charge is -2.08. The van der Waals surface area contributed by atoms with Gasteiger partial charge >= 0.3 is 0 Å². The highest BCUT2D eigenvalue weighted by atomic mass is 35.5. The van der Waals surface area contributed by atoms with Gasteiger partial charge < -0.3 is 0 Å². The van der Waals surface area contributed by atoms with Crippen molar-refractivity contribution in [3.05, 3.63) is 53.0 Å². The Hall–Kier alpha value is -1.91. The summed E-state index contributed by atoms with van der Waals surface area (Å²) in [5.41, 5.74) is 3.21. The lowest BCUT2D eigenvalue weighted by molar-refractivity contribution is 1.09. The molecule has 0 saturated heterocycles. The molecule has 94 valence electrons. The molecule has 6 heteroatoms. The molecule has 4 nitrogen and oxygen atoms in total. The Morgan fingerprint density at radius 3 is 2.68 bits per heavy atom.